The van der Waals surface area contributed by atoms with Crippen LogP contribution < -0.4 is 10.2 Å². The maximum absolute atomic E-state index is 12.7. The van der Waals surface area contributed by atoms with Gasteiger partial charge in [0.25, 0.3) is 11.8 Å². The highest BCUT2D eigenvalue weighted by Gasteiger charge is 2.25. The van der Waals surface area contributed by atoms with E-state index in [1.165, 1.54) is 11.8 Å². The Morgan fingerprint density at radius 2 is 2.00 bits per heavy atom. The topological polar surface area (TPSA) is 62.3 Å². The molecular weight excluding hydrogens is 382 g/mol. The van der Waals surface area contributed by atoms with Gasteiger partial charge < -0.3 is 10.2 Å². The van der Waals surface area contributed by atoms with Gasteiger partial charge in [-0.3, -0.25) is 9.59 Å². The second-order valence-electron chi connectivity index (χ2n) is 5.97. The van der Waals surface area contributed by atoms with Gasteiger partial charge in [0, 0.05) is 34.4 Å². The molecular formula is C20H14ClN3O2S. The van der Waals surface area contributed by atoms with Gasteiger partial charge >= 0.3 is 0 Å². The Balaban J connectivity index is 1.67. The zero-order valence-electron chi connectivity index (χ0n) is 14.3. The van der Waals surface area contributed by atoms with Crippen LogP contribution in [0, 0.1) is 0 Å². The summed E-state index contributed by atoms with van der Waals surface area (Å²) >= 11 is 7.36. The Kier molecular flexibility index (Phi) is 4.59. The molecule has 2 aromatic carbocycles. The Hall–Kier alpha value is -2.83. The molecule has 0 unspecified atom stereocenters. The number of fused-ring (bicyclic) bond motifs is 2. The van der Waals surface area contributed by atoms with Crippen molar-refractivity contribution in [3.63, 3.8) is 0 Å². The van der Waals surface area contributed by atoms with Gasteiger partial charge in [-0.25, -0.2) is 4.98 Å². The average molecular weight is 396 g/mol. The van der Waals surface area contributed by atoms with E-state index in [2.05, 4.69) is 10.3 Å². The number of amides is 2. The summed E-state index contributed by atoms with van der Waals surface area (Å²) in [5, 5.41) is 4.02. The minimum Gasteiger partial charge on any atom is -0.322 e. The number of halogens is 1. The number of carbonyl (C=O) groups is 2. The molecule has 134 valence electrons. The lowest BCUT2D eigenvalue weighted by atomic mass is 10.2. The van der Waals surface area contributed by atoms with E-state index in [-0.39, 0.29) is 11.8 Å². The molecule has 0 saturated heterocycles. The SMILES string of the molecule is CN1C(=O)c2cccnc2Sc2cc(NC(=O)c3cccc(Cl)c3)ccc21. The summed E-state index contributed by atoms with van der Waals surface area (Å²) in [5.74, 6) is -0.362. The van der Waals surface area contributed by atoms with Crippen molar-refractivity contribution < 1.29 is 9.59 Å². The van der Waals surface area contributed by atoms with Crippen molar-refractivity contribution in [2.75, 3.05) is 17.3 Å². The summed E-state index contributed by atoms with van der Waals surface area (Å²) in [6, 6.07) is 15.7. The number of hydrogen-bond donors (Lipinski definition) is 1. The smallest absolute Gasteiger partial charge is 0.260 e. The van der Waals surface area contributed by atoms with Gasteiger partial charge in [0.2, 0.25) is 0 Å². The fourth-order valence-corrected chi connectivity index (χ4v) is 4.09. The van der Waals surface area contributed by atoms with E-state index in [0.29, 0.717) is 26.9 Å². The molecule has 1 aromatic heterocycles. The van der Waals surface area contributed by atoms with E-state index in [0.717, 1.165) is 10.6 Å². The Bertz CT molecular complexity index is 1070. The lowest BCUT2D eigenvalue weighted by Gasteiger charge is -2.18. The number of carbonyl (C=O) groups excluding carboxylic acids is 2. The summed E-state index contributed by atoms with van der Waals surface area (Å²) in [5.41, 5.74) is 2.44. The quantitative estimate of drug-likeness (QED) is 0.681. The molecule has 5 nitrogen and oxygen atoms in total. The molecule has 0 atom stereocenters. The first-order valence-electron chi connectivity index (χ1n) is 8.15. The first kappa shape index (κ1) is 17.6. The molecule has 1 aliphatic rings. The summed E-state index contributed by atoms with van der Waals surface area (Å²) in [4.78, 5) is 31.9. The van der Waals surface area contributed by atoms with E-state index in [1.54, 1.807) is 60.6 Å². The van der Waals surface area contributed by atoms with E-state index in [1.807, 2.05) is 12.1 Å². The van der Waals surface area contributed by atoms with Gasteiger partial charge in [-0.1, -0.05) is 29.4 Å². The average Bonchev–Trinajstić information content (AvgIpc) is 2.77. The van der Waals surface area contributed by atoms with Crippen LogP contribution in [0.15, 0.2) is 70.7 Å². The van der Waals surface area contributed by atoms with Gasteiger partial charge in [-0.15, -0.1) is 0 Å². The van der Waals surface area contributed by atoms with Crippen molar-refractivity contribution in [2.24, 2.45) is 0 Å². The number of benzene rings is 2. The molecule has 3 aromatic rings. The third kappa shape index (κ3) is 3.41. The van der Waals surface area contributed by atoms with Gasteiger partial charge in [0.1, 0.15) is 5.03 Å². The summed E-state index contributed by atoms with van der Waals surface area (Å²) in [7, 11) is 1.73. The fourth-order valence-electron chi connectivity index (χ4n) is 2.81. The van der Waals surface area contributed by atoms with E-state index in [9.17, 15) is 9.59 Å². The third-order valence-electron chi connectivity index (χ3n) is 4.18. The first-order chi connectivity index (χ1) is 13.0. The lowest BCUT2D eigenvalue weighted by molar-refractivity contribution is 0.0987. The molecule has 2 heterocycles. The Morgan fingerprint density at radius 1 is 1.15 bits per heavy atom. The summed E-state index contributed by atoms with van der Waals surface area (Å²) < 4.78 is 0. The van der Waals surface area contributed by atoms with Crippen LogP contribution >= 0.6 is 23.4 Å². The second kappa shape index (κ2) is 7.06. The molecule has 7 heteroatoms. The van der Waals surface area contributed by atoms with Crippen molar-refractivity contribution in [1.29, 1.82) is 0 Å². The van der Waals surface area contributed by atoms with Gasteiger partial charge in [-0.05, 0) is 48.5 Å². The van der Waals surface area contributed by atoms with Crippen LogP contribution in [0.2, 0.25) is 5.02 Å². The number of aromatic nitrogens is 1. The predicted molar refractivity (Wildman–Crippen MR) is 107 cm³/mol. The normalized spacial score (nSPS) is 12.8. The third-order valence-corrected chi connectivity index (χ3v) is 5.48. The van der Waals surface area contributed by atoms with E-state index >= 15 is 0 Å². The largest absolute Gasteiger partial charge is 0.322 e. The molecule has 1 N–H and O–H groups in total. The van der Waals surface area contributed by atoms with Crippen LogP contribution in [0.1, 0.15) is 20.7 Å². The predicted octanol–water partition coefficient (Wildman–Crippen LogP) is 4.73. The van der Waals surface area contributed by atoms with Crippen molar-refractivity contribution in [3.05, 3.63) is 76.9 Å². The minimum atomic E-state index is -0.251. The maximum Gasteiger partial charge on any atom is 0.260 e. The Labute approximate surface area is 165 Å². The minimum absolute atomic E-state index is 0.111. The van der Waals surface area contributed by atoms with Crippen LogP contribution in [0.5, 0.6) is 0 Å². The number of nitrogens with one attached hydrogen (secondary N) is 1. The van der Waals surface area contributed by atoms with Crippen LogP contribution in [0.3, 0.4) is 0 Å². The second-order valence-corrected chi connectivity index (χ2v) is 7.44. The first-order valence-corrected chi connectivity index (χ1v) is 9.34. The molecule has 0 bridgehead atoms. The molecule has 0 spiro atoms. The van der Waals surface area contributed by atoms with Crippen molar-refractivity contribution in [2.45, 2.75) is 9.92 Å². The van der Waals surface area contributed by atoms with Gasteiger partial charge in [0.05, 0.1) is 11.3 Å². The molecule has 2 amide bonds. The van der Waals surface area contributed by atoms with Crippen LogP contribution in [0.4, 0.5) is 11.4 Å². The van der Waals surface area contributed by atoms with Crippen molar-refractivity contribution in [3.8, 4) is 0 Å². The molecule has 4 rings (SSSR count). The zero-order chi connectivity index (χ0) is 19.0. The number of hydrogen-bond acceptors (Lipinski definition) is 4. The summed E-state index contributed by atoms with van der Waals surface area (Å²) in [6.07, 6.45) is 1.66. The molecule has 0 radical (unpaired) electrons. The van der Waals surface area contributed by atoms with E-state index in [4.69, 9.17) is 11.6 Å². The molecule has 0 saturated carbocycles. The number of nitrogens with zero attached hydrogens (tertiary/aromatic N) is 2. The molecule has 0 aliphatic carbocycles. The highest BCUT2D eigenvalue weighted by Crippen LogP contribution is 2.41. The zero-order valence-corrected chi connectivity index (χ0v) is 15.8. The standard InChI is InChI=1S/C20H14ClN3O2S/c1-24-16-8-7-14(23-18(25)12-4-2-5-13(21)10-12)11-17(16)27-19-15(20(24)26)6-3-9-22-19/h2-11H,1H3,(H,23,25). The monoisotopic (exact) mass is 395 g/mol. The fraction of sp³-hybridized carbons (Fsp3) is 0.0500. The number of pyridine rings is 1. The van der Waals surface area contributed by atoms with Crippen molar-refractivity contribution >= 4 is 46.6 Å². The van der Waals surface area contributed by atoms with Crippen molar-refractivity contribution in [1.82, 2.24) is 4.98 Å². The van der Waals surface area contributed by atoms with Gasteiger partial charge in [-0.2, -0.15) is 0 Å². The van der Waals surface area contributed by atoms with Gasteiger partial charge in [0.15, 0.2) is 0 Å². The Morgan fingerprint density at radius 3 is 2.81 bits per heavy atom. The van der Waals surface area contributed by atoms with E-state index < -0.39 is 0 Å². The molecule has 0 fully saturated rings. The molecule has 27 heavy (non-hydrogen) atoms. The van der Waals surface area contributed by atoms with Crippen LogP contribution in [-0.4, -0.2) is 23.8 Å². The lowest BCUT2D eigenvalue weighted by Crippen LogP contribution is -2.26. The summed E-state index contributed by atoms with van der Waals surface area (Å²) in [6.45, 7) is 0. The highest BCUT2D eigenvalue weighted by molar-refractivity contribution is 7.99. The highest BCUT2D eigenvalue weighted by atomic mass is 35.5. The molecule has 1 aliphatic heterocycles. The van der Waals surface area contributed by atoms with Crippen LogP contribution in [-0.2, 0) is 0 Å². The number of anilines is 2. The van der Waals surface area contributed by atoms with Crippen LogP contribution in [0.25, 0.3) is 0 Å². The maximum atomic E-state index is 12.7. The number of rotatable bonds is 2.